The van der Waals surface area contributed by atoms with Crippen molar-refractivity contribution in [3.05, 3.63) is 17.7 Å². The third-order valence-electron chi connectivity index (χ3n) is 1.62. The molecule has 0 aliphatic rings. The van der Waals surface area contributed by atoms with Crippen LogP contribution in [0.15, 0.2) is 6.20 Å². The van der Waals surface area contributed by atoms with Gasteiger partial charge in [0.2, 0.25) is 5.82 Å². The monoisotopic (exact) mass is 182 g/mol. The van der Waals surface area contributed by atoms with Gasteiger partial charge >= 0.3 is 5.97 Å². The molecule has 0 aliphatic heterocycles. The van der Waals surface area contributed by atoms with Crippen molar-refractivity contribution in [3.63, 3.8) is 0 Å². The van der Waals surface area contributed by atoms with E-state index in [0.717, 1.165) is 18.5 Å². The average Bonchev–Trinajstić information content (AvgIpc) is 2.54. The molecule has 4 nitrogen and oxygen atoms in total. The fourth-order valence-corrected chi connectivity index (χ4v) is 1.06. The van der Waals surface area contributed by atoms with Crippen LogP contribution in [0.2, 0.25) is 0 Å². The van der Waals surface area contributed by atoms with Crippen LogP contribution in [0.3, 0.4) is 0 Å². The largest absolute Gasteiger partial charge is 0.460 e. The molecular formula is C9H14N2O2. The summed E-state index contributed by atoms with van der Waals surface area (Å²) in [6.45, 7) is 4.22. The van der Waals surface area contributed by atoms with Crippen molar-refractivity contribution in [1.29, 1.82) is 0 Å². The molecule has 4 heteroatoms. The minimum atomic E-state index is -0.384. The van der Waals surface area contributed by atoms with Gasteiger partial charge in [-0.3, -0.25) is 0 Å². The first kappa shape index (κ1) is 9.77. The lowest BCUT2D eigenvalue weighted by Gasteiger charge is -1.96. The van der Waals surface area contributed by atoms with E-state index in [1.165, 1.54) is 0 Å². The van der Waals surface area contributed by atoms with Crippen molar-refractivity contribution in [2.24, 2.45) is 0 Å². The third kappa shape index (κ3) is 2.57. The van der Waals surface area contributed by atoms with Crippen molar-refractivity contribution < 1.29 is 9.53 Å². The number of hydrogen-bond acceptors (Lipinski definition) is 3. The number of esters is 1. The van der Waals surface area contributed by atoms with Crippen LogP contribution in [0, 0.1) is 0 Å². The molecule has 0 radical (unpaired) electrons. The van der Waals surface area contributed by atoms with E-state index < -0.39 is 0 Å². The molecule has 1 heterocycles. The molecule has 0 amide bonds. The Labute approximate surface area is 77.3 Å². The van der Waals surface area contributed by atoms with Crippen molar-refractivity contribution >= 4 is 5.97 Å². The van der Waals surface area contributed by atoms with Gasteiger partial charge in [0.25, 0.3) is 0 Å². The van der Waals surface area contributed by atoms with E-state index in [2.05, 4.69) is 16.9 Å². The molecule has 0 saturated carbocycles. The molecule has 1 aromatic rings. The van der Waals surface area contributed by atoms with Gasteiger partial charge in [-0.15, -0.1) is 0 Å². The Morgan fingerprint density at radius 1 is 1.62 bits per heavy atom. The summed E-state index contributed by atoms with van der Waals surface area (Å²) >= 11 is 0. The SMILES string of the molecule is CCCc1cnc(C(=O)OCC)[nH]1. The first-order chi connectivity index (χ1) is 6.27. The molecule has 1 N–H and O–H groups in total. The zero-order chi connectivity index (χ0) is 9.68. The average molecular weight is 182 g/mol. The first-order valence-electron chi connectivity index (χ1n) is 4.49. The van der Waals surface area contributed by atoms with Crippen LogP contribution in [-0.2, 0) is 11.2 Å². The van der Waals surface area contributed by atoms with E-state index >= 15 is 0 Å². The van der Waals surface area contributed by atoms with Gasteiger partial charge < -0.3 is 9.72 Å². The molecule has 0 aliphatic carbocycles. The van der Waals surface area contributed by atoms with Gasteiger partial charge in [-0.25, -0.2) is 9.78 Å². The summed E-state index contributed by atoms with van der Waals surface area (Å²) in [5, 5.41) is 0. The quantitative estimate of drug-likeness (QED) is 0.718. The highest BCUT2D eigenvalue weighted by Gasteiger charge is 2.09. The van der Waals surface area contributed by atoms with Gasteiger partial charge in [0.05, 0.1) is 6.61 Å². The number of aryl methyl sites for hydroxylation is 1. The van der Waals surface area contributed by atoms with Crippen molar-refractivity contribution in [2.45, 2.75) is 26.7 Å². The summed E-state index contributed by atoms with van der Waals surface area (Å²) in [7, 11) is 0. The first-order valence-corrected chi connectivity index (χ1v) is 4.49. The van der Waals surface area contributed by atoms with Crippen molar-refractivity contribution in [1.82, 2.24) is 9.97 Å². The summed E-state index contributed by atoms with van der Waals surface area (Å²) in [6.07, 6.45) is 3.62. The maximum absolute atomic E-state index is 11.1. The number of nitrogens with zero attached hydrogens (tertiary/aromatic N) is 1. The normalized spacial score (nSPS) is 10.0. The minimum Gasteiger partial charge on any atom is -0.460 e. The molecular weight excluding hydrogens is 168 g/mol. The molecule has 0 fully saturated rings. The zero-order valence-electron chi connectivity index (χ0n) is 7.96. The number of ether oxygens (including phenoxy) is 1. The van der Waals surface area contributed by atoms with E-state index in [-0.39, 0.29) is 5.97 Å². The Hall–Kier alpha value is -1.32. The zero-order valence-corrected chi connectivity index (χ0v) is 7.96. The maximum Gasteiger partial charge on any atom is 0.374 e. The Morgan fingerprint density at radius 2 is 2.38 bits per heavy atom. The molecule has 0 saturated heterocycles. The van der Waals surface area contributed by atoms with Crippen LogP contribution in [0.5, 0.6) is 0 Å². The number of hydrogen-bond donors (Lipinski definition) is 1. The van der Waals surface area contributed by atoms with Crippen LogP contribution in [-0.4, -0.2) is 22.5 Å². The number of aromatic amines is 1. The smallest absolute Gasteiger partial charge is 0.374 e. The van der Waals surface area contributed by atoms with Gasteiger partial charge in [0.1, 0.15) is 0 Å². The van der Waals surface area contributed by atoms with Gasteiger partial charge in [-0.05, 0) is 13.3 Å². The second-order valence-corrected chi connectivity index (χ2v) is 2.73. The van der Waals surface area contributed by atoms with Crippen LogP contribution in [0.1, 0.15) is 36.6 Å². The number of carbonyl (C=O) groups is 1. The van der Waals surface area contributed by atoms with E-state index in [9.17, 15) is 4.79 Å². The predicted molar refractivity (Wildman–Crippen MR) is 48.5 cm³/mol. The summed E-state index contributed by atoms with van der Waals surface area (Å²) in [6, 6.07) is 0. The summed E-state index contributed by atoms with van der Waals surface area (Å²) < 4.78 is 4.79. The topological polar surface area (TPSA) is 55.0 Å². The molecule has 1 rings (SSSR count). The second-order valence-electron chi connectivity index (χ2n) is 2.73. The fourth-order valence-electron chi connectivity index (χ4n) is 1.06. The Kier molecular flexibility index (Phi) is 3.49. The number of imidazole rings is 1. The standard InChI is InChI=1S/C9H14N2O2/c1-3-5-7-6-10-8(11-7)9(12)13-4-2/h6H,3-5H2,1-2H3,(H,10,11). The van der Waals surface area contributed by atoms with Crippen LogP contribution < -0.4 is 0 Å². The lowest BCUT2D eigenvalue weighted by atomic mass is 10.3. The molecule has 0 bridgehead atoms. The number of H-pyrrole nitrogens is 1. The van der Waals surface area contributed by atoms with Gasteiger partial charge in [0, 0.05) is 11.9 Å². The van der Waals surface area contributed by atoms with Gasteiger partial charge in [0.15, 0.2) is 0 Å². The summed E-state index contributed by atoms with van der Waals surface area (Å²) in [5.41, 5.74) is 0.977. The van der Waals surface area contributed by atoms with Crippen molar-refractivity contribution in [2.75, 3.05) is 6.61 Å². The van der Waals surface area contributed by atoms with Gasteiger partial charge in [-0.2, -0.15) is 0 Å². The van der Waals surface area contributed by atoms with Gasteiger partial charge in [-0.1, -0.05) is 13.3 Å². The highest BCUT2D eigenvalue weighted by molar-refractivity contribution is 5.85. The number of carbonyl (C=O) groups excluding carboxylic acids is 1. The van der Waals surface area contributed by atoms with E-state index in [0.29, 0.717) is 12.4 Å². The van der Waals surface area contributed by atoms with Crippen LogP contribution in [0.25, 0.3) is 0 Å². The molecule has 0 atom stereocenters. The lowest BCUT2D eigenvalue weighted by Crippen LogP contribution is -2.06. The maximum atomic E-state index is 11.1. The molecule has 72 valence electrons. The molecule has 0 spiro atoms. The highest BCUT2D eigenvalue weighted by Crippen LogP contribution is 2.01. The molecule has 0 aromatic carbocycles. The fraction of sp³-hybridized carbons (Fsp3) is 0.556. The van der Waals surface area contributed by atoms with E-state index in [1.54, 1.807) is 13.1 Å². The predicted octanol–water partition coefficient (Wildman–Crippen LogP) is 1.54. The summed E-state index contributed by atoms with van der Waals surface area (Å²) in [4.78, 5) is 18.0. The summed E-state index contributed by atoms with van der Waals surface area (Å²) in [5.74, 6) is -0.0878. The third-order valence-corrected chi connectivity index (χ3v) is 1.62. The molecule has 1 aromatic heterocycles. The minimum absolute atomic E-state index is 0.297. The Morgan fingerprint density at radius 3 is 3.00 bits per heavy atom. The van der Waals surface area contributed by atoms with Crippen LogP contribution in [0.4, 0.5) is 0 Å². The Bertz CT molecular complexity index is 281. The second kappa shape index (κ2) is 4.64. The van der Waals surface area contributed by atoms with E-state index in [1.807, 2.05) is 0 Å². The molecule has 13 heavy (non-hydrogen) atoms. The number of rotatable bonds is 4. The number of nitrogens with one attached hydrogen (secondary N) is 1. The van der Waals surface area contributed by atoms with E-state index in [4.69, 9.17) is 4.74 Å². The number of aromatic nitrogens is 2. The lowest BCUT2D eigenvalue weighted by molar-refractivity contribution is 0.0513. The highest BCUT2D eigenvalue weighted by atomic mass is 16.5. The van der Waals surface area contributed by atoms with Crippen LogP contribution >= 0.6 is 0 Å². The molecule has 0 unspecified atom stereocenters. The Balaban J connectivity index is 2.62. The van der Waals surface area contributed by atoms with Crippen molar-refractivity contribution in [3.8, 4) is 0 Å².